The van der Waals surface area contributed by atoms with Crippen molar-refractivity contribution in [3.63, 3.8) is 0 Å². The van der Waals surface area contributed by atoms with Crippen molar-refractivity contribution in [2.75, 3.05) is 6.54 Å². The van der Waals surface area contributed by atoms with Gasteiger partial charge in [0.1, 0.15) is 23.9 Å². The van der Waals surface area contributed by atoms with Gasteiger partial charge in [-0.2, -0.15) is 0 Å². The molecular formula is C37H62N4O6. The van der Waals surface area contributed by atoms with Crippen molar-refractivity contribution < 1.29 is 28.7 Å². The molecule has 0 fully saturated rings. The maximum absolute atomic E-state index is 13.9. The van der Waals surface area contributed by atoms with Gasteiger partial charge in [-0.3, -0.25) is 14.4 Å². The van der Waals surface area contributed by atoms with Crippen LogP contribution >= 0.6 is 0 Å². The van der Waals surface area contributed by atoms with Crippen molar-refractivity contribution in [1.29, 1.82) is 0 Å². The lowest BCUT2D eigenvalue weighted by Gasteiger charge is -2.28. The highest BCUT2D eigenvalue weighted by molar-refractivity contribution is 5.95. The Morgan fingerprint density at radius 2 is 1.49 bits per heavy atom. The average molecular weight is 659 g/mol. The lowest BCUT2D eigenvalue weighted by Crippen LogP contribution is -2.56. The van der Waals surface area contributed by atoms with Crippen molar-refractivity contribution >= 4 is 35.0 Å². The minimum absolute atomic E-state index is 0.0716. The number of rotatable bonds is 19. The summed E-state index contributed by atoms with van der Waals surface area (Å²) in [7, 11) is 0. The Balaban J connectivity index is 0.0000104. The molecule has 5 N–H and O–H groups in total. The second kappa shape index (κ2) is 22.9. The summed E-state index contributed by atoms with van der Waals surface area (Å²) in [4.78, 5) is 65.1. The van der Waals surface area contributed by atoms with E-state index in [0.717, 1.165) is 29.5 Å². The van der Waals surface area contributed by atoms with Crippen molar-refractivity contribution in [2.45, 2.75) is 145 Å². The SMILES string of the molecule is C/C=C(/CC(NC(=O)C(C)(C)C)C(=O)N[C@@H](CCCCN)C(=O)NC(CCC(C)=O)C(=O)OC(C)C)c1ccccc1CCC.CC. The van der Waals surface area contributed by atoms with Gasteiger partial charge in [0.05, 0.1) is 6.10 Å². The number of hydrogen-bond acceptors (Lipinski definition) is 7. The van der Waals surface area contributed by atoms with Crippen molar-refractivity contribution in [2.24, 2.45) is 11.1 Å². The molecule has 0 bridgehead atoms. The van der Waals surface area contributed by atoms with Gasteiger partial charge in [-0.15, -0.1) is 0 Å². The van der Waals surface area contributed by atoms with Crippen LogP contribution in [0.3, 0.4) is 0 Å². The van der Waals surface area contributed by atoms with E-state index in [9.17, 15) is 24.0 Å². The number of nitrogens with two attached hydrogens (primary N) is 1. The van der Waals surface area contributed by atoms with Crippen LogP contribution in [0.1, 0.15) is 125 Å². The zero-order chi connectivity index (χ0) is 36.2. The Bertz CT molecular complexity index is 1170. The fraction of sp³-hybridized carbons (Fsp3) is 0.649. The molecule has 3 atom stereocenters. The van der Waals surface area contributed by atoms with E-state index in [-0.39, 0.29) is 37.4 Å². The molecule has 2 unspecified atom stereocenters. The minimum Gasteiger partial charge on any atom is -0.461 e. The third kappa shape index (κ3) is 16.7. The van der Waals surface area contributed by atoms with E-state index in [4.69, 9.17) is 10.5 Å². The highest BCUT2D eigenvalue weighted by Crippen LogP contribution is 2.26. The summed E-state index contributed by atoms with van der Waals surface area (Å²) in [5.41, 5.74) is 8.00. The Hall–Kier alpha value is -3.53. The van der Waals surface area contributed by atoms with E-state index in [0.29, 0.717) is 19.4 Å². The predicted octanol–water partition coefficient (Wildman–Crippen LogP) is 5.41. The van der Waals surface area contributed by atoms with Gasteiger partial charge in [0, 0.05) is 18.3 Å². The molecule has 1 aromatic rings. The number of esters is 1. The Morgan fingerprint density at radius 1 is 0.894 bits per heavy atom. The van der Waals surface area contributed by atoms with Gasteiger partial charge < -0.3 is 31.2 Å². The summed E-state index contributed by atoms with van der Waals surface area (Å²) in [5, 5.41) is 8.47. The number of hydrogen-bond donors (Lipinski definition) is 4. The van der Waals surface area contributed by atoms with Gasteiger partial charge in [0.25, 0.3) is 0 Å². The monoisotopic (exact) mass is 658 g/mol. The van der Waals surface area contributed by atoms with E-state index in [1.807, 2.05) is 45.0 Å². The highest BCUT2D eigenvalue weighted by atomic mass is 16.5. The predicted molar refractivity (Wildman–Crippen MR) is 189 cm³/mol. The van der Waals surface area contributed by atoms with Crippen LogP contribution < -0.4 is 21.7 Å². The molecule has 0 aliphatic rings. The molecule has 3 amide bonds. The van der Waals surface area contributed by atoms with E-state index in [2.05, 4.69) is 28.9 Å². The molecular weight excluding hydrogens is 596 g/mol. The Morgan fingerprint density at radius 3 is 2.02 bits per heavy atom. The molecule has 47 heavy (non-hydrogen) atoms. The van der Waals surface area contributed by atoms with E-state index < -0.39 is 47.4 Å². The summed E-state index contributed by atoms with van der Waals surface area (Å²) in [6.45, 7) is 18.5. The maximum Gasteiger partial charge on any atom is 0.328 e. The standard InChI is InChI=1S/C35H56N4O6.C2H6/c1-9-15-26-16-11-12-17-27(26)25(10-2)22-30(39-34(44)35(6,7)8)32(42)37-28(18-13-14-21-36)31(41)38-29(20-19-24(5)40)33(43)45-23(3)4;1-2/h10-12,16-17,23,28-30H,9,13-15,18-22,36H2,1-8H3,(H,37,42)(H,38,41)(H,39,44);1-2H3/b25-10-;/t28-,29?,30?;/m0./s1. The molecule has 1 rings (SSSR count). The van der Waals surface area contributed by atoms with Crippen LogP contribution in [-0.4, -0.2) is 60.2 Å². The van der Waals surface area contributed by atoms with Gasteiger partial charge in [0.2, 0.25) is 17.7 Å². The number of Topliss-reactive ketones (excluding diaryl/α,β-unsaturated/α-hetero) is 1. The smallest absolute Gasteiger partial charge is 0.328 e. The first-order valence-corrected chi connectivity index (χ1v) is 17.2. The number of ether oxygens (including phenoxy) is 1. The van der Waals surface area contributed by atoms with Crippen molar-refractivity contribution in [3.8, 4) is 0 Å². The van der Waals surface area contributed by atoms with Crippen LogP contribution in [0.25, 0.3) is 5.57 Å². The number of unbranched alkanes of at least 4 members (excludes halogenated alkanes) is 1. The molecule has 0 aliphatic heterocycles. The summed E-state index contributed by atoms with van der Waals surface area (Å²) >= 11 is 0. The summed E-state index contributed by atoms with van der Waals surface area (Å²) in [6.07, 6.45) is 5.16. The number of ketones is 1. The lowest BCUT2D eigenvalue weighted by molar-refractivity contribution is -0.152. The zero-order valence-corrected chi connectivity index (χ0v) is 30.6. The molecule has 0 heterocycles. The van der Waals surface area contributed by atoms with Gasteiger partial charge in [-0.05, 0) is 83.0 Å². The molecule has 1 aromatic carbocycles. The lowest BCUT2D eigenvalue weighted by atomic mass is 9.90. The summed E-state index contributed by atoms with van der Waals surface area (Å²) in [6, 6.07) is 4.98. The van der Waals surface area contributed by atoms with E-state index >= 15 is 0 Å². The fourth-order valence-corrected chi connectivity index (χ4v) is 4.73. The molecule has 10 heteroatoms. The minimum atomic E-state index is -1.06. The number of benzene rings is 1. The molecule has 0 saturated carbocycles. The van der Waals surface area contributed by atoms with Crippen LogP contribution in [0.5, 0.6) is 0 Å². The van der Waals surface area contributed by atoms with Gasteiger partial charge >= 0.3 is 5.97 Å². The quantitative estimate of drug-likeness (QED) is 0.114. The normalized spacial score (nSPS) is 13.4. The summed E-state index contributed by atoms with van der Waals surface area (Å²) < 4.78 is 5.32. The zero-order valence-electron chi connectivity index (χ0n) is 30.6. The molecule has 0 radical (unpaired) electrons. The van der Waals surface area contributed by atoms with Crippen LogP contribution in [0.15, 0.2) is 30.3 Å². The number of amides is 3. The first-order chi connectivity index (χ1) is 22.1. The highest BCUT2D eigenvalue weighted by Gasteiger charge is 2.33. The van der Waals surface area contributed by atoms with Crippen LogP contribution in [0, 0.1) is 5.41 Å². The third-order valence-corrected chi connectivity index (χ3v) is 7.28. The van der Waals surface area contributed by atoms with E-state index in [1.165, 1.54) is 6.92 Å². The van der Waals surface area contributed by atoms with Gasteiger partial charge in [0.15, 0.2) is 0 Å². The van der Waals surface area contributed by atoms with Gasteiger partial charge in [-0.25, -0.2) is 4.79 Å². The average Bonchev–Trinajstić information content (AvgIpc) is 3.01. The first kappa shape index (κ1) is 43.5. The van der Waals surface area contributed by atoms with Crippen molar-refractivity contribution in [1.82, 2.24) is 16.0 Å². The molecule has 0 saturated heterocycles. The molecule has 0 aromatic heterocycles. The number of carbonyl (C=O) groups excluding carboxylic acids is 5. The number of allylic oxidation sites excluding steroid dienone is 1. The maximum atomic E-state index is 13.9. The number of aryl methyl sites for hydroxylation is 1. The Kier molecular flexibility index (Phi) is 21.2. The number of carbonyl (C=O) groups is 5. The first-order valence-electron chi connectivity index (χ1n) is 17.2. The Labute approximate surface area is 283 Å². The van der Waals surface area contributed by atoms with Crippen LogP contribution in [-0.2, 0) is 35.1 Å². The topological polar surface area (TPSA) is 157 Å². The number of nitrogens with one attached hydrogen (secondary N) is 3. The second-order valence-electron chi connectivity index (χ2n) is 12.8. The van der Waals surface area contributed by atoms with Crippen LogP contribution in [0.2, 0.25) is 0 Å². The third-order valence-electron chi connectivity index (χ3n) is 7.28. The van der Waals surface area contributed by atoms with Crippen LogP contribution in [0.4, 0.5) is 0 Å². The van der Waals surface area contributed by atoms with Crippen molar-refractivity contribution in [3.05, 3.63) is 41.5 Å². The molecule has 266 valence electrons. The molecule has 0 spiro atoms. The largest absolute Gasteiger partial charge is 0.461 e. The summed E-state index contributed by atoms with van der Waals surface area (Å²) in [5.74, 6) is -2.17. The molecule has 10 nitrogen and oxygen atoms in total. The second-order valence-corrected chi connectivity index (χ2v) is 12.8. The van der Waals surface area contributed by atoms with Gasteiger partial charge in [-0.1, -0.05) is 78.3 Å². The van der Waals surface area contributed by atoms with E-state index in [1.54, 1.807) is 34.6 Å². The molecule has 0 aliphatic carbocycles. The fourth-order valence-electron chi connectivity index (χ4n) is 4.73.